The Kier molecular flexibility index (Phi) is 3.16. The Morgan fingerprint density at radius 2 is 2.10 bits per heavy atom. The van der Waals surface area contributed by atoms with Gasteiger partial charge in [0.05, 0.1) is 5.39 Å². The number of fused-ring (bicyclic) bond motifs is 1. The van der Waals surface area contributed by atoms with Gasteiger partial charge in [0.2, 0.25) is 11.9 Å². The largest absolute Gasteiger partial charge is 0.296 e. The van der Waals surface area contributed by atoms with E-state index >= 15 is 0 Å². The highest BCUT2D eigenvalue weighted by Crippen LogP contribution is 2.34. The van der Waals surface area contributed by atoms with Crippen LogP contribution in [0.3, 0.4) is 0 Å². The fourth-order valence-corrected chi connectivity index (χ4v) is 2.91. The Balaban J connectivity index is 2.29. The van der Waals surface area contributed by atoms with Gasteiger partial charge in [-0.2, -0.15) is 9.37 Å². The van der Waals surface area contributed by atoms with E-state index < -0.39 is 11.8 Å². The predicted octanol–water partition coefficient (Wildman–Crippen LogP) is 3.11. The summed E-state index contributed by atoms with van der Waals surface area (Å²) >= 11 is 3.29. The summed E-state index contributed by atoms with van der Waals surface area (Å²) in [5.41, 5.74) is 0.592. The van der Waals surface area contributed by atoms with E-state index in [4.69, 9.17) is 0 Å². The Hall–Kier alpha value is -1.63. The van der Waals surface area contributed by atoms with E-state index in [1.165, 1.54) is 4.90 Å². The van der Waals surface area contributed by atoms with Crippen molar-refractivity contribution in [2.24, 2.45) is 0 Å². The van der Waals surface area contributed by atoms with E-state index in [1.54, 1.807) is 6.92 Å². The van der Waals surface area contributed by atoms with Crippen LogP contribution in [0.1, 0.15) is 18.4 Å². The molecule has 1 aliphatic rings. The lowest BCUT2D eigenvalue weighted by atomic mass is 10.2. The lowest BCUT2D eigenvalue weighted by Crippen LogP contribution is -2.26. The van der Waals surface area contributed by atoms with Crippen LogP contribution in [0, 0.1) is 18.7 Å². The summed E-state index contributed by atoms with van der Waals surface area (Å²) in [7, 11) is 0. The normalized spacial score (nSPS) is 15.4. The van der Waals surface area contributed by atoms with Gasteiger partial charge in [0.25, 0.3) is 0 Å². The molecule has 1 amide bonds. The number of amides is 1. The molecule has 0 spiro atoms. The van der Waals surface area contributed by atoms with Crippen molar-refractivity contribution in [1.82, 2.24) is 9.97 Å². The van der Waals surface area contributed by atoms with Crippen LogP contribution in [0.4, 0.5) is 14.6 Å². The molecule has 3 rings (SSSR count). The summed E-state index contributed by atoms with van der Waals surface area (Å²) in [6, 6.07) is 0.717. The number of anilines is 1. The second-order valence-electron chi connectivity index (χ2n) is 4.65. The van der Waals surface area contributed by atoms with Gasteiger partial charge < -0.3 is 0 Å². The van der Waals surface area contributed by atoms with E-state index in [-0.39, 0.29) is 16.9 Å². The molecule has 0 aliphatic carbocycles. The van der Waals surface area contributed by atoms with Crippen molar-refractivity contribution in [3.63, 3.8) is 0 Å². The van der Waals surface area contributed by atoms with Gasteiger partial charge in [-0.1, -0.05) is 0 Å². The van der Waals surface area contributed by atoms with Crippen LogP contribution in [0.2, 0.25) is 0 Å². The van der Waals surface area contributed by atoms with Gasteiger partial charge in [0.1, 0.15) is 11.6 Å². The van der Waals surface area contributed by atoms with Crippen LogP contribution in [0.25, 0.3) is 11.0 Å². The number of carbonyl (C=O) groups excluding carboxylic acids is 1. The molecular formula is C13H10BrF2N3O. The number of nitrogens with zero attached hydrogens (tertiary/aromatic N) is 3. The monoisotopic (exact) mass is 341 g/mol. The van der Waals surface area contributed by atoms with Crippen LogP contribution in [0.15, 0.2) is 10.5 Å². The van der Waals surface area contributed by atoms with Gasteiger partial charge in [0.15, 0.2) is 5.65 Å². The van der Waals surface area contributed by atoms with Crippen molar-refractivity contribution < 1.29 is 13.6 Å². The number of rotatable bonds is 1. The fourth-order valence-electron chi connectivity index (χ4n) is 2.36. The number of aromatic nitrogens is 2. The molecule has 4 nitrogen and oxygen atoms in total. The summed E-state index contributed by atoms with van der Waals surface area (Å²) in [4.78, 5) is 21.1. The zero-order valence-corrected chi connectivity index (χ0v) is 12.2. The first-order valence-electron chi connectivity index (χ1n) is 6.11. The molecule has 3 heterocycles. The Bertz CT molecular complexity index is 735. The van der Waals surface area contributed by atoms with Crippen molar-refractivity contribution in [3.05, 3.63) is 27.9 Å². The fraction of sp³-hybridized carbons (Fsp3) is 0.308. The summed E-state index contributed by atoms with van der Waals surface area (Å²) < 4.78 is 27.5. The highest BCUT2D eigenvalue weighted by molar-refractivity contribution is 9.10. The van der Waals surface area contributed by atoms with Gasteiger partial charge in [-0.25, -0.2) is 9.37 Å². The number of carbonyl (C=O) groups is 1. The highest BCUT2D eigenvalue weighted by atomic mass is 79.9. The molecule has 20 heavy (non-hydrogen) atoms. The minimum absolute atomic E-state index is 0.0382. The second-order valence-corrected chi connectivity index (χ2v) is 5.44. The molecule has 1 saturated heterocycles. The van der Waals surface area contributed by atoms with Crippen molar-refractivity contribution in [3.8, 4) is 0 Å². The standard InChI is InChI=1S/C13H10BrF2N3O/c1-6-11(14)10-7(15)5-8(16)17-12(10)18-13(6)19-4-2-3-9(19)20/h5H,2-4H2,1H3. The smallest absolute Gasteiger partial charge is 0.228 e. The molecule has 1 fully saturated rings. The van der Waals surface area contributed by atoms with Crippen molar-refractivity contribution >= 4 is 38.7 Å². The minimum atomic E-state index is -0.933. The first-order valence-corrected chi connectivity index (χ1v) is 6.90. The van der Waals surface area contributed by atoms with E-state index in [0.29, 0.717) is 28.8 Å². The maximum atomic E-state index is 13.8. The third kappa shape index (κ3) is 1.96. The number of hydrogen-bond acceptors (Lipinski definition) is 3. The average Bonchev–Trinajstić information content (AvgIpc) is 2.79. The third-order valence-electron chi connectivity index (χ3n) is 3.35. The number of hydrogen-bond donors (Lipinski definition) is 0. The number of pyridine rings is 2. The SMILES string of the molecule is Cc1c(N2CCCC2=O)nc2nc(F)cc(F)c2c1Br. The molecule has 104 valence electrons. The van der Waals surface area contributed by atoms with Crippen molar-refractivity contribution in [2.45, 2.75) is 19.8 Å². The van der Waals surface area contributed by atoms with Gasteiger partial charge >= 0.3 is 0 Å². The van der Waals surface area contributed by atoms with Gasteiger partial charge in [-0.15, -0.1) is 0 Å². The maximum Gasteiger partial charge on any atom is 0.228 e. The summed E-state index contributed by atoms with van der Waals surface area (Å²) in [5.74, 6) is -1.29. The Labute approximate surface area is 121 Å². The lowest BCUT2D eigenvalue weighted by Gasteiger charge is -2.18. The quantitative estimate of drug-likeness (QED) is 0.748. The summed E-state index contributed by atoms with van der Waals surface area (Å²) in [5, 5.41) is 0.124. The molecule has 0 N–H and O–H groups in total. The van der Waals surface area contributed by atoms with Crippen molar-refractivity contribution in [1.29, 1.82) is 0 Å². The number of halogens is 3. The van der Waals surface area contributed by atoms with Crippen LogP contribution < -0.4 is 4.90 Å². The van der Waals surface area contributed by atoms with Crippen LogP contribution in [-0.2, 0) is 4.79 Å². The molecule has 0 atom stereocenters. The molecule has 0 aromatic carbocycles. The molecular weight excluding hydrogens is 332 g/mol. The molecule has 2 aromatic heterocycles. The second kappa shape index (κ2) is 4.73. The van der Waals surface area contributed by atoms with Gasteiger partial charge in [-0.3, -0.25) is 9.69 Å². The molecule has 0 saturated carbocycles. The molecule has 1 aliphatic heterocycles. The maximum absolute atomic E-state index is 13.8. The van der Waals surface area contributed by atoms with Crippen LogP contribution >= 0.6 is 15.9 Å². The van der Waals surface area contributed by atoms with Crippen molar-refractivity contribution in [2.75, 3.05) is 11.4 Å². The van der Waals surface area contributed by atoms with E-state index in [0.717, 1.165) is 12.5 Å². The topological polar surface area (TPSA) is 46.1 Å². The van der Waals surface area contributed by atoms with E-state index in [2.05, 4.69) is 25.9 Å². The first kappa shape index (κ1) is 13.4. The van der Waals surface area contributed by atoms with Crippen LogP contribution in [0.5, 0.6) is 0 Å². The third-order valence-corrected chi connectivity index (χ3v) is 4.34. The predicted molar refractivity (Wildman–Crippen MR) is 73.5 cm³/mol. The molecule has 0 radical (unpaired) electrons. The molecule has 0 bridgehead atoms. The molecule has 0 unspecified atom stereocenters. The van der Waals surface area contributed by atoms with E-state index in [1.807, 2.05) is 0 Å². The molecule has 2 aromatic rings. The van der Waals surface area contributed by atoms with Gasteiger partial charge in [0, 0.05) is 29.1 Å². The van der Waals surface area contributed by atoms with Gasteiger partial charge in [-0.05, 0) is 29.3 Å². The zero-order chi connectivity index (χ0) is 14.4. The lowest BCUT2D eigenvalue weighted by molar-refractivity contribution is -0.117. The summed E-state index contributed by atoms with van der Waals surface area (Å²) in [6.45, 7) is 2.29. The Morgan fingerprint density at radius 1 is 1.35 bits per heavy atom. The molecule has 7 heteroatoms. The van der Waals surface area contributed by atoms with Crippen LogP contribution in [-0.4, -0.2) is 22.4 Å². The summed E-state index contributed by atoms with van der Waals surface area (Å²) in [6.07, 6.45) is 1.21. The van der Waals surface area contributed by atoms with E-state index in [9.17, 15) is 13.6 Å². The Morgan fingerprint density at radius 3 is 2.75 bits per heavy atom. The minimum Gasteiger partial charge on any atom is -0.296 e. The average molecular weight is 342 g/mol. The first-order chi connectivity index (χ1) is 9.49. The zero-order valence-electron chi connectivity index (χ0n) is 10.6. The highest BCUT2D eigenvalue weighted by Gasteiger charge is 2.26.